The highest BCUT2D eigenvalue weighted by molar-refractivity contribution is 5.95. The zero-order valence-corrected chi connectivity index (χ0v) is 15.5. The third kappa shape index (κ3) is 4.06. The minimum atomic E-state index is -0.427. The van der Waals surface area contributed by atoms with Gasteiger partial charge >= 0.3 is 6.03 Å². The maximum Gasteiger partial charge on any atom is 0.322 e. The van der Waals surface area contributed by atoms with E-state index in [4.69, 9.17) is 0 Å². The first-order chi connectivity index (χ1) is 13.0. The number of urea groups is 1. The molecule has 6 nitrogen and oxygen atoms in total. The summed E-state index contributed by atoms with van der Waals surface area (Å²) in [6.07, 6.45) is 5.63. The summed E-state index contributed by atoms with van der Waals surface area (Å²) in [5, 5.41) is 13.0. The minimum absolute atomic E-state index is 0.0720. The predicted octanol–water partition coefficient (Wildman–Crippen LogP) is 2.88. The van der Waals surface area contributed by atoms with Gasteiger partial charge in [-0.25, -0.2) is 4.79 Å². The molecule has 2 fully saturated rings. The van der Waals surface area contributed by atoms with Crippen molar-refractivity contribution >= 4 is 17.6 Å². The van der Waals surface area contributed by atoms with E-state index in [9.17, 15) is 14.7 Å². The van der Waals surface area contributed by atoms with Crippen molar-refractivity contribution in [1.82, 2.24) is 9.80 Å². The molecule has 1 aromatic carbocycles. The topological polar surface area (TPSA) is 72.9 Å². The number of likely N-dealkylation sites (tertiary alicyclic amines) is 1. The molecule has 1 heterocycles. The maximum absolute atomic E-state index is 12.6. The third-order valence-corrected chi connectivity index (χ3v) is 5.44. The fourth-order valence-corrected chi connectivity index (χ4v) is 4.13. The molecule has 0 bridgehead atoms. The van der Waals surface area contributed by atoms with Crippen molar-refractivity contribution in [3.63, 3.8) is 0 Å². The van der Waals surface area contributed by atoms with Gasteiger partial charge in [-0.3, -0.25) is 4.79 Å². The maximum atomic E-state index is 12.6. The lowest BCUT2D eigenvalue weighted by molar-refractivity contribution is 0.0791. The second-order valence-electron chi connectivity index (χ2n) is 7.17. The smallest absolute Gasteiger partial charge is 0.322 e. The second kappa shape index (κ2) is 8.39. The number of benzene rings is 1. The minimum Gasteiger partial charge on any atom is -0.391 e. The number of hydrogen-bond donors (Lipinski definition) is 2. The van der Waals surface area contributed by atoms with E-state index in [-0.39, 0.29) is 18.0 Å². The zero-order chi connectivity index (χ0) is 19.4. The summed E-state index contributed by atoms with van der Waals surface area (Å²) in [4.78, 5) is 28.5. The van der Waals surface area contributed by atoms with Crippen LogP contribution < -0.4 is 5.32 Å². The Bertz CT molecular complexity index is 706. The third-order valence-electron chi connectivity index (χ3n) is 5.44. The van der Waals surface area contributed by atoms with Crippen LogP contribution in [0.25, 0.3) is 0 Å². The summed E-state index contributed by atoms with van der Waals surface area (Å²) in [6, 6.07) is 6.59. The number of carbonyl (C=O) groups excluding carboxylic acids is 2. The van der Waals surface area contributed by atoms with Crippen molar-refractivity contribution in [3.8, 4) is 0 Å². The predicted molar refractivity (Wildman–Crippen MR) is 106 cm³/mol. The molecule has 1 saturated heterocycles. The molecular formula is C21H27N3O3. The number of hydrogen-bond acceptors (Lipinski definition) is 3. The number of nitrogens with zero attached hydrogens (tertiary/aromatic N) is 2. The lowest BCUT2D eigenvalue weighted by atomic mass is 10.0. The van der Waals surface area contributed by atoms with Gasteiger partial charge in [-0.1, -0.05) is 12.2 Å². The Morgan fingerprint density at radius 2 is 1.81 bits per heavy atom. The van der Waals surface area contributed by atoms with Gasteiger partial charge in [0.2, 0.25) is 0 Å². The van der Waals surface area contributed by atoms with Crippen LogP contribution in [-0.4, -0.2) is 58.6 Å². The summed E-state index contributed by atoms with van der Waals surface area (Å²) in [7, 11) is 0. The molecule has 1 aromatic rings. The zero-order valence-electron chi connectivity index (χ0n) is 15.5. The van der Waals surface area contributed by atoms with Crippen molar-refractivity contribution in [2.24, 2.45) is 5.92 Å². The lowest BCUT2D eigenvalue weighted by Gasteiger charge is -2.27. The average molecular weight is 369 g/mol. The van der Waals surface area contributed by atoms with Crippen LogP contribution in [0.5, 0.6) is 0 Å². The van der Waals surface area contributed by atoms with Crippen molar-refractivity contribution in [1.29, 1.82) is 0 Å². The van der Waals surface area contributed by atoms with Gasteiger partial charge in [0.1, 0.15) is 0 Å². The number of fused-ring (bicyclic) bond motifs is 1. The highest BCUT2D eigenvalue weighted by Gasteiger charge is 2.45. The monoisotopic (exact) mass is 369 g/mol. The summed E-state index contributed by atoms with van der Waals surface area (Å²) < 4.78 is 0. The van der Waals surface area contributed by atoms with Gasteiger partial charge in [-0.15, -0.1) is 13.2 Å². The standard InChI is InChI=1S/C21H27N3O3/c1-3-12-23(13-4-2)20(26)16-5-8-17(9-6-16)22-21(27)24-14-11-15-7-10-18(25)19(15)24/h3-6,8-9,15,18-19,25H,1-2,7,10-14H2,(H,22,27)/t15-,18+,19+/m0/s1. The first-order valence-corrected chi connectivity index (χ1v) is 9.42. The number of aliphatic hydroxyl groups excluding tert-OH is 1. The summed E-state index contributed by atoms with van der Waals surface area (Å²) >= 11 is 0. The van der Waals surface area contributed by atoms with E-state index in [1.165, 1.54) is 0 Å². The molecule has 0 spiro atoms. The molecular weight excluding hydrogens is 342 g/mol. The Balaban J connectivity index is 1.63. The Labute approximate surface area is 160 Å². The van der Waals surface area contributed by atoms with Crippen molar-refractivity contribution in [3.05, 3.63) is 55.1 Å². The molecule has 0 radical (unpaired) electrons. The lowest BCUT2D eigenvalue weighted by Crippen LogP contribution is -2.44. The van der Waals surface area contributed by atoms with Crippen LogP contribution in [0.2, 0.25) is 0 Å². The van der Waals surface area contributed by atoms with E-state index >= 15 is 0 Å². The van der Waals surface area contributed by atoms with Crippen LogP contribution in [0.4, 0.5) is 10.5 Å². The molecule has 144 valence electrons. The first kappa shape index (κ1) is 19.2. The molecule has 1 saturated carbocycles. The summed E-state index contributed by atoms with van der Waals surface area (Å²) in [6.45, 7) is 8.92. The van der Waals surface area contributed by atoms with Gasteiger partial charge in [0.25, 0.3) is 5.91 Å². The molecule has 6 heteroatoms. The fourth-order valence-electron chi connectivity index (χ4n) is 4.13. The SMILES string of the molecule is C=CCN(CC=C)C(=O)c1ccc(NC(=O)N2CC[C@@H]3CC[C@@H](O)[C@@H]32)cc1. The fraction of sp³-hybridized carbons (Fsp3) is 0.429. The molecule has 0 aromatic heterocycles. The normalized spacial score (nSPS) is 23.6. The number of amides is 3. The highest BCUT2D eigenvalue weighted by Crippen LogP contribution is 2.38. The second-order valence-corrected chi connectivity index (χ2v) is 7.17. The number of aliphatic hydroxyl groups is 1. The van der Waals surface area contributed by atoms with Gasteiger partial charge in [-0.05, 0) is 49.4 Å². The van der Waals surface area contributed by atoms with Crippen molar-refractivity contribution < 1.29 is 14.7 Å². The highest BCUT2D eigenvalue weighted by atomic mass is 16.3. The Morgan fingerprint density at radius 1 is 1.15 bits per heavy atom. The number of anilines is 1. The van der Waals surface area contributed by atoms with Crippen LogP contribution in [0.15, 0.2) is 49.6 Å². The van der Waals surface area contributed by atoms with E-state index < -0.39 is 6.10 Å². The largest absolute Gasteiger partial charge is 0.391 e. The molecule has 0 unspecified atom stereocenters. The van der Waals surface area contributed by atoms with Crippen LogP contribution in [0.3, 0.4) is 0 Å². The first-order valence-electron chi connectivity index (χ1n) is 9.42. The summed E-state index contributed by atoms with van der Waals surface area (Å²) in [5.41, 5.74) is 1.18. The molecule has 3 atom stereocenters. The quantitative estimate of drug-likeness (QED) is 0.758. The van der Waals surface area contributed by atoms with E-state index in [1.807, 2.05) is 0 Å². The molecule has 2 N–H and O–H groups in total. The molecule has 1 aliphatic carbocycles. The van der Waals surface area contributed by atoms with Gasteiger partial charge in [0.05, 0.1) is 12.1 Å². The molecule has 27 heavy (non-hydrogen) atoms. The number of nitrogens with one attached hydrogen (secondary N) is 1. The van der Waals surface area contributed by atoms with E-state index in [0.29, 0.717) is 36.8 Å². The van der Waals surface area contributed by atoms with Crippen LogP contribution in [0.1, 0.15) is 29.6 Å². The molecule has 3 rings (SSSR count). The van der Waals surface area contributed by atoms with Crippen LogP contribution >= 0.6 is 0 Å². The van der Waals surface area contributed by atoms with E-state index in [0.717, 1.165) is 19.3 Å². The van der Waals surface area contributed by atoms with Crippen LogP contribution in [-0.2, 0) is 0 Å². The van der Waals surface area contributed by atoms with Gasteiger partial charge < -0.3 is 20.2 Å². The van der Waals surface area contributed by atoms with Crippen LogP contribution in [0, 0.1) is 5.92 Å². The summed E-state index contributed by atoms with van der Waals surface area (Å²) in [5.74, 6) is 0.301. The van der Waals surface area contributed by atoms with Crippen molar-refractivity contribution in [2.45, 2.75) is 31.4 Å². The van der Waals surface area contributed by atoms with Gasteiger partial charge in [0, 0.05) is 30.9 Å². The number of rotatable bonds is 6. The van der Waals surface area contributed by atoms with Gasteiger partial charge in [0.15, 0.2) is 0 Å². The molecule has 3 amide bonds. The van der Waals surface area contributed by atoms with E-state index in [2.05, 4.69) is 18.5 Å². The Hall–Kier alpha value is -2.60. The van der Waals surface area contributed by atoms with Crippen molar-refractivity contribution in [2.75, 3.05) is 25.0 Å². The molecule has 2 aliphatic rings. The van der Waals surface area contributed by atoms with E-state index in [1.54, 1.807) is 46.2 Å². The van der Waals surface area contributed by atoms with Gasteiger partial charge in [-0.2, -0.15) is 0 Å². The Morgan fingerprint density at radius 3 is 2.44 bits per heavy atom. The molecule has 1 aliphatic heterocycles. The average Bonchev–Trinajstić information content (AvgIpc) is 3.25. The number of carbonyl (C=O) groups is 2. The Kier molecular flexibility index (Phi) is 5.96.